The normalized spacial score (nSPS) is 15.9. The molecule has 5 nitrogen and oxygen atoms in total. The molecule has 1 saturated heterocycles. The molecule has 1 aromatic rings. The average Bonchev–Trinajstić information content (AvgIpc) is 2.52. The van der Waals surface area contributed by atoms with Gasteiger partial charge >= 0.3 is 0 Å². The SMILES string of the molecule is CCCOc1ccc(C(=O)N2CCC(N)CC2)cc1OC. The van der Waals surface area contributed by atoms with Crippen molar-refractivity contribution in [2.45, 2.75) is 32.2 Å². The Morgan fingerprint density at radius 3 is 2.67 bits per heavy atom. The molecule has 0 radical (unpaired) electrons. The van der Waals surface area contributed by atoms with Crippen molar-refractivity contribution in [2.75, 3.05) is 26.8 Å². The second-order valence-electron chi connectivity index (χ2n) is 5.34. The first kappa shape index (κ1) is 15.6. The number of nitrogens with zero attached hydrogens (tertiary/aromatic N) is 1. The monoisotopic (exact) mass is 292 g/mol. The van der Waals surface area contributed by atoms with Gasteiger partial charge in [-0.1, -0.05) is 6.92 Å². The summed E-state index contributed by atoms with van der Waals surface area (Å²) in [6.07, 6.45) is 2.65. The van der Waals surface area contributed by atoms with E-state index in [-0.39, 0.29) is 11.9 Å². The molecule has 1 aliphatic heterocycles. The number of piperidine rings is 1. The van der Waals surface area contributed by atoms with Crippen LogP contribution in [0.2, 0.25) is 0 Å². The molecule has 1 amide bonds. The van der Waals surface area contributed by atoms with E-state index in [1.807, 2.05) is 11.8 Å². The van der Waals surface area contributed by atoms with Crippen LogP contribution in [-0.4, -0.2) is 43.7 Å². The second kappa shape index (κ2) is 7.31. The van der Waals surface area contributed by atoms with E-state index >= 15 is 0 Å². The number of rotatable bonds is 5. The summed E-state index contributed by atoms with van der Waals surface area (Å²) in [6, 6.07) is 5.57. The van der Waals surface area contributed by atoms with Gasteiger partial charge in [-0.05, 0) is 37.5 Å². The molecule has 2 N–H and O–H groups in total. The minimum absolute atomic E-state index is 0.0299. The zero-order chi connectivity index (χ0) is 15.2. The maximum atomic E-state index is 12.5. The fourth-order valence-electron chi connectivity index (χ4n) is 2.42. The minimum Gasteiger partial charge on any atom is -0.493 e. The lowest BCUT2D eigenvalue weighted by molar-refractivity contribution is 0.0714. The number of carbonyl (C=O) groups excluding carboxylic acids is 1. The Hall–Kier alpha value is -1.75. The predicted molar refractivity (Wildman–Crippen MR) is 81.9 cm³/mol. The third kappa shape index (κ3) is 3.88. The third-order valence-electron chi connectivity index (χ3n) is 3.70. The van der Waals surface area contributed by atoms with Crippen molar-refractivity contribution < 1.29 is 14.3 Å². The standard InChI is InChI=1S/C16H24N2O3/c1-3-10-21-14-5-4-12(11-15(14)20-2)16(19)18-8-6-13(17)7-9-18/h4-5,11,13H,3,6-10,17H2,1-2H3. The molecule has 0 spiro atoms. The number of likely N-dealkylation sites (tertiary alicyclic amines) is 1. The molecule has 2 rings (SSSR count). The van der Waals surface area contributed by atoms with Crippen LogP contribution in [-0.2, 0) is 0 Å². The molecule has 5 heteroatoms. The molecule has 0 unspecified atom stereocenters. The first-order valence-corrected chi connectivity index (χ1v) is 7.51. The largest absolute Gasteiger partial charge is 0.493 e. The van der Waals surface area contributed by atoms with Crippen LogP contribution >= 0.6 is 0 Å². The van der Waals surface area contributed by atoms with Crippen LogP contribution in [0.25, 0.3) is 0 Å². The molecule has 0 aromatic heterocycles. The number of ether oxygens (including phenoxy) is 2. The Labute approximate surface area is 126 Å². The summed E-state index contributed by atoms with van der Waals surface area (Å²) in [4.78, 5) is 14.3. The number of nitrogens with two attached hydrogens (primary N) is 1. The fourth-order valence-corrected chi connectivity index (χ4v) is 2.42. The van der Waals surface area contributed by atoms with E-state index in [0.29, 0.717) is 23.7 Å². The lowest BCUT2D eigenvalue weighted by Gasteiger charge is -2.30. The zero-order valence-electron chi connectivity index (χ0n) is 12.8. The molecule has 1 aliphatic rings. The number of carbonyl (C=O) groups is 1. The van der Waals surface area contributed by atoms with E-state index in [4.69, 9.17) is 15.2 Å². The van der Waals surface area contributed by atoms with Gasteiger partial charge in [0.2, 0.25) is 0 Å². The highest BCUT2D eigenvalue weighted by Gasteiger charge is 2.22. The van der Waals surface area contributed by atoms with E-state index in [1.165, 1.54) is 0 Å². The Morgan fingerprint density at radius 2 is 2.05 bits per heavy atom. The number of amides is 1. The van der Waals surface area contributed by atoms with E-state index in [9.17, 15) is 4.79 Å². The summed E-state index contributed by atoms with van der Waals surface area (Å²) >= 11 is 0. The quantitative estimate of drug-likeness (QED) is 0.902. The van der Waals surface area contributed by atoms with Gasteiger partial charge in [0, 0.05) is 24.7 Å². The van der Waals surface area contributed by atoms with E-state index in [1.54, 1.807) is 25.3 Å². The van der Waals surface area contributed by atoms with Crippen molar-refractivity contribution in [1.29, 1.82) is 0 Å². The Bertz CT molecular complexity index is 482. The van der Waals surface area contributed by atoms with Gasteiger partial charge in [0.1, 0.15) is 0 Å². The molecule has 1 heterocycles. The lowest BCUT2D eigenvalue weighted by Crippen LogP contribution is -2.42. The Kier molecular flexibility index (Phi) is 5.44. The van der Waals surface area contributed by atoms with E-state index in [0.717, 1.165) is 32.4 Å². The predicted octanol–water partition coefficient (Wildman–Crippen LogP) is 2.05. The highest BCUT2D eigenvalue weighted by Crippen LogP contribution is 2.29. The smallest absolute Gasteiger partial charge is 0.253 e. The summed E-state index contributed by atoms with van der Waals surface area (Å²) in [5.74, 6) is 1.31. The van der Waals surface area contributed by atoms with Crippen molar-refractivity contribution >= 4 is 5.91 Å². The van der Waals surface area contributed by atoms with Crippen LogP contribution in [0.5, 0.6) is 11.5 Å². The van der Waals surface area contributed by atoms with Crippen LogP contribution < -0.4 is 15.2 Å². The van der Waals surface area contributed by atoms with Gasteiger partial charge in [-0.2, -0.15) is 0 Å². The van der Waals surface area contributed by atoms with Gasteiger partial charge in [-0.3, -0.25) is 4.79 Å². The molecule has 1 aromatic carbocycles. The number of hydrogen-bond donors (Lipinski definition) is 1. The summed E-state index contributed by atoms with van der Waals surface area (Å²) in [7, 11) is 1.59. The van der Waals surface area contributed by atoms with Gasteiger partial charge in [0.25, 0.3) is 5.91 Å². The van der Waals surface area contributed by atoms with Gasteiger partial charge in [0.15, 0.2) is 11.5 Å². The maximum Gasteiger partial charge on any atom is 0.253 e. The fraction of sp³-hybridized carbons (Fsp3) is 0.562. The van der Waals surface area contributed by atoms with Crippen molar-refractivity contribution in [3.63, 3.8) is 0 Å². The Morgan fingerprint density at radius 1 is 1.33 bits per heavy atom. The first-order valence-electron chi connectivity index (χ1n) is 7.51. The van der Waals surface area contributed by atoms with Crippen molar-refractivity contribution in [2.24, 2.45) is 5.73 Å². The molecule has 0 aliphatic carbocycles. The molecular formula is C16H24N2O3. The van der Waals surface area contributed by atoms with Crippen LogP contribution in [0.1, 0.15) is 36.5 Å². The summed E-state index contributed by atoms with van der Waals surface area (Å²) in [5, 5.41) is 0. The zero-order valence-corrected chi connectivity index (χ0v) is 12.8. The minimum atomic E-state index is 0.0299. The first-order chi connectivity index (χ1) is 10.2. The number of benzene rings is 1. The van der Waals surface area contributed by atoms with Crippen LogP contribution in [0.15, 0.2) is 18.2 Å². The van der Waals surface area contributed by atoms with Gasteiger partial charge in [-0.25, -0.2) is 0 Å². The van der Waals surface area contributed by atoms with Crippen LogP contribution in [0, 0.1) is 0 Å². The highest BCUT2D eigenvalue weighted by atomic mass is 16.5. The average molecular weight is 292 g/mol. The molecule has 0 saturated carbocycles. The molecule has 0 atom stereocenters. The molecular weight excluding hydrogens is 268 g/mol. The maximum absolute atomic E-state index is 12.5. The van der Waals surface area contributed by atoms with E-state index in [2.05, 4.69) is 0 Å². The van der Waals surface area contributed by atoms with Gasteiger partial charge < -0.3 is 20.1 Å². The van der Waals surface area contributed by atoms with Crippen molar-refractivity contribution in [3.05, 3.63) is 23.8 Å². The van der Waals surface area contributed by atoms with E-state index < -0.39 is 0 Å². The summed E-state index contributed by atoms with van der Waals surface area (Å²) in [5.41, 5.74) is 6.50. The molecule has 0 bridgehead atoms. The summed E-state index contributed by atoms with van der Waals surface area (Å²) in [6.45, 7) is 4.12. The van der Waals surface area contributed by atoms with Crippen LogP contribution in [0.4, 0.5) is 0 Å². The number of hydrogen-bond acceptors (Lipinski definition) is 4. The van der Waals surface area contributed by atoms with Crippen molar-refractivity contribution in [3.8, 4) is 11.5 Å². The lowest BCUT2D eigenvalue weighted by atomic mass is 10.0. The number of methoxy groups -OCH3 is 1. The topological polar surface area (TPSA) is 64.8 Å². The second-order valence-corrected chi connectivity index (χ2v) is 5.34. The van der Waals surface area contributed by atoms with Gasteiger partial charge in [0.05, 0.1) is 13.7 Å². The Balaban J connectivity index is 2.10. The molecule has 1 fully saturated rings. The molecule has 116 valence electrons. The van der Waals surface area contributed by atoms with Crippen molar-refractivity contribution in [1.82, 2.24) is 4.90 Å². The van der Waals surface area contributed by atoms with Crippen LogP contribution in [0.3, 0.4) is 0 Å². The van der Waals surface area contributed by atoms with Gasteiger partial charge in [-0.15, -0.1) is 0 Å². The third-order valence-corrected chi connectivity index (χ3v) is 3.70. The summed E-state index contributed by atoms with van der Waals surface area (Å²) < 4.78 is 10.9. The molecule has 21 heavy (non-hydrogen) atoms. The highest BCUT2D eigenvalue weighted by molar-refractivity contribution is 5.95.